The summed E-state index contributed by atoms with van der Waals surface area (Å²) in [4.78, 5) is 23.9. The Morgan fingerprint density at radius 3 is 2.24 bits per heavy atom. The van der Waals surface area contributed by atoms with Crippen LogP contribution in [0.1, 0.15) is 31.8 Å². The molecule has 3 aromatic carbocycles. The minimum Gasteiger partial charge on any atom is -0.493 e. The molecule has 0 saturated carbocycles. The van der Waals surface area contributed by atoms with Crippen molar-refractivity contribution < 1.29 is 28.5 Å². The second-order valence-electron chi connectivity index (χ2n) is 6.78. The molecule has 0 radical (unpaired) electrons. The zero-order valence-electron chi connectivity index (χ0n) is 18.5. The first-order valence-electron chi connectivity index (χ1n) is 10.00. The Labute approximate surface area is 191 Å². The molecule has 0 aromatic heterocycles. The average molecular weight is 448 g/mol. The molecular weight excluding hydrogens is 424 g/mol. The molecule has 0 saturated heterocycles. The summed E-state index contributed by atoms with van der Waals surface area (Å²) in [5, 5.41) is 4.04. The van der Waals surface area contributed by atoms with E-state index in [0.29, 0.717) is 40.5 Å². The van der Waals surface area contributed by atoms with Crippen molar-refractivity contribution in [2.24, 2.45) is 5.10 Å². The highest BCUT2D eigenvalue weighted by Crippen LogP contribution is 2.27. The van der Waals surface area contributed by atoms with E-state index in [1.54, 1.807) is 48.5 Å². The maximum Gasteiger partial charge on any atom is 0.337 e. The predicted octanol–water partition coefficient (Wildman–Crippen LogP) is 3.83. The van der Waals surface area contributed by atoms with Crippen LogP contribution in [0.2, 0.25) is 0 Å². The largest absolute Gasteiger partial charge is 0.493 e. The van der Waals surface area contributed by atoms with Gasteiger partial charge in [0, 0.05) is 11.1 Å². The number of para-hydroxylation sites is 1. The molecule has 0 heterocycles. The number of nitrogens with one attached hydrogen (secondary N) is 1. The van der Waals surface area contributed by atoms with Gasteiger partial charge in [-0.05, 0) is 48.0 Å². The van der Waals surface area contributed by atoms with E-state index < -0.39 is 5.91 Å². The number of hydrogen-bond donors (Lipinski definition) is 1. The first-order chi connectivity index (χ1) is 16.0. The first-order valence-corrected chi connectivity index (χ1v) is 10.00. The summed E-state index contributed by atoms with van der Waals surface area (Å²) in [6, 6.07) is 19.1. The number of benzene rings is 3. The van der Waals surface area contributed by atoms with E-state index in [9.17, 15) is 9.59 Å². The normalized spacial score (nSPS) is 10.5. The molecule has 0 atom stereocenters. The lowest BCUT2D eigenvalue weighted by Gasteiger charge is -2.10. The quantitative estimate of drug-likeness (QED) is 0.304. The third-order valence-corrected chi connectivity index (χ3v) is 4.70. The van der Waals surface area contributed by atoms with Gasteiger partial charge in [-0.1, -0.05) is 24.3 Å². The molecule has 8 nitrogen and oxygen atoms in total. The topological polar surface area (TPSA) is 95.5 Å². The van der Waals surface area contributed by atoms with Crippen LogP contribution in [0, 0.1) is 0 Å². The zero-order valence-corrected chi connectivity index (χ0v) is 18.5. The SMILES string of the molecule is COC(=O)c1ccc(COc2ccccc2/C=N\NC(=O)c2ccc(OC)c(OC)c2)cc1. The minimum absolute atomic E-state index is 0.296. The van der Waals surface area contributed by atoms with Gasteiger partial charge in [-0.2, -0.15) is 5.10 Å². The summed E-state index contributed by atoms with van der Waals surface area (Å²) in [5.74, 6) is 0.796. The van der Waals surface area contributed by atoms with Crippen LogP contribution in [-0.4, -0.2) is 39.4 Å². The fourth-order valence-corrected chi connectivity index (χ4v) is 2.94. The number of carbonyl (C=O) groups is 2. The second kappa shape index (κ2) is 11.3. The lowest BCUT2D eigenvalue weighted by molar-refractivity contribution is 0.0600. The molecule has 0 bridgehead atoms. The van der Waals surface area contributed by atoms with Crippen molar-refractivity contribution in [1.82, 2.24) is 5.43 Å². The number of esters is 1. The van der Waals surface area contributed by atoms with Gasteiger partial charge >= 0.3 is 5.97 Å². The van der Waals surface area contributed by atoms with Crippen LogP contribution in [0.15, 0.2) is 71.8 Å². The number of methoxy groups -OCH3 is 3. The van der Waals surface area contributed by atoms with Crippen LogP contribution in [0.4, 0.5) is 0 Å². The molecule has 8 heteroatoms. The van der Waals surface area contributed by atoms with Crippen molar-refractivity contribution in [3.8, 4) is 17.2 Å². The van der Waals surface area contributed by atoms with Crippen LogP contribution >= 0.6 is 0 Å². The number of hydrogen-bond acceptors (Lipinski definition) is 7. The lowest BCUT2D eigenvalue weighted by atomic mass is 10.1. The van der Waals surface area contributed by atoms with Gasteiger partial charge in [-0.3, -0.25) is 4.79 Å². The number of ether oxygens (including phenoxy) is 4. The maximum atomic E-state index is 12.4. The van der Waals surface area contributed by atoms with E-state index in [1.165, 1.54) is 27.5 Å². The van der Waals surface area contributed by atoms with E-state index in [4.69, 9.17) is 18.9 Å². The van der Waals surface area contributed by atoms with E-state index in [0.717, 1.165) is 5.56 Å². The van der Waals surface area contributed by atoms with Gasteiger partial charge in [-0.15, -0.1) is 0 Å². The fourth-order valence-electron chi connectivity index (χ4n) is 2.94. The molecule has 0 spiro atoms. The van der Waals surface area contributed by atoms with E-state index in [2.05, 4.69) is 10.5 Å². The van der Waals surface area contributed by atoms with Crippen LogP contribution in [-0.2, 0) is 11.3 Å². The molecule has 3 aromatic rings. The number of rotatable bonds is 9. The number of hydrazone groups is 1. The van der Waals surface area contributed by atoms with Crippen LogP contribution in [0.3, 0.4) is 0 Å². The number of carbonyl (C=O) groups excluding carboxylic acids is 2. The Bertz CT molecular complexity index is 1140. The summed E-state index contributed by atoms with van der Waals surface area (Å²) in [6.45, 7) is 0.296. The van der Waals surface area contributed by atoms with Gasteiger partial charge in [0.25, 0.3) is 5.91 Å². The summed E-state index contributed by atoms with van der Waals surface area (Å²) in [7, 11) is 4.37. The Kier molecular flexibility index (Phi) is 8.02. The average Bonchev–Trinajstić information content (AvgIpc) is 2.87. The third kappa shape index (κ3) is 6.10. The van der Waals surface area contributed by atoms with Crippen LogP contribution in [0.5, 0.6) is 17.2 Å². The molecule has 33 heavy (non-hydrogen) atoms. The molecule has 0 fully saturated rings. The summed E-state index contributed by atoms with van der Waals surface area (Å²) in [5.41, 5.74) is 4.92. The predicted molar refractivity (Wildman–Crippen MR) is 123 cm³/mol. The molecule has 0 aliphatic heterocycles. The Morgan fingerprint density at radius 1 is 0.848 bits per heavy atom. The van der Waals surface area contributed by atoms with Crippen molar-refractivity contribution in [1.29, 1.82) is 0 Å². The van der Waals surface area contributed by atoms with Crippen molar-refractivity contribution >= 4 is 18.1 Å². The summed E-state index contributed by atoms with van der Waals surface area (Å²) >= 11 is 0. The van der Waals surface area contributed by atoms with E-state index in [-0.39, 0.29) is 5.97 Å². The number of nitrogens with zero attached hydrogens (tertiary/aromatic N) is 1. The standard InChI is InChI=1S/C25H24N2O6/c1-30-22-13-12-19(14-23(22)31-2)24(28)27-26-15-20-6-4-5-7-21(20)33-16-17-8-10-18(11-9-17)25(29)32-3/h4-15H,16H2,1-3H3,(H,27,28)/b26-15-. The highest BCUT2D eigenvalue weighted by Gasteiger charge is 2.10. The highest BCUT2D eigenvalue weighted by molar-refractivity contribution is 5.95. The minimum atomic E-state index is -0.392. The molecule has 3 rings (SSSR count). The third-order valence-electron chi connectivity index (χ3n) is 4.70. The second-order valence-corrected chi connectivity index (χ2v) is 6.78. The molecule has 0 aliphatic rings. The van der Waals surface area contributed by atoms with E-state index in [1.807, 2.05) is 18.2 Å². The Morgan fingerprint density at radius 2 is 1.55 bits per heavy atom. The molecule has 0 aliphatic carbocycles. The molecule has 0 unspecified atom stereocenters. The molecule has 170 valence electrons. The smallest absolute Gasteiger partial charge is 0.337 e. The van der Waals surface area contributed by atoms with Gasteiger partial charge in [0.2, 0.25) is 0 Å². The Balaban J connectivity index is 1.63. The van der Waals surface area contributed by atoms with Crippen LogP contribution in [0.25, 0.3) is 0 Å². The van der Waals surface area contributed by atoms with Gasteiger partial charge in [0.1, 0.15) is 12.4 Å². The van der Waals surface area contributed by atoms with Crippen molar-refractivity contribution in [3.05, 3.63) is 89.0 Å². The first kappa shape index (κ1) is 23.3. The Hall–Kier alpha value is -4.33. The summed E-state index contributed by atoms with van der Waals surface area (Å²) < 4.78 is 21.0. The van der Waals surface area contributed by atoms with Gasteiger partial charge in [0.05, 0.1) is 33.1 Å². The monoisotopic (exact) mass is 448 g/mol. The lowest BCUT2D eigenvalue weighted by Crippen LogP contribution is -2.17. The summed E-state index contributed by atoms with van der Waals surface area (Å²) in [6.07, 6.45) is 1.51. The molecular formula is C25H24N2O6. The maximum absolute atomic E-state index is 12.4. The van der Waals surface area contributed by atoms with Crippen molar-refractivity contribution in [2.45, 2.75) is 6.61 Å². The fraction of sp³-hybridized carbons (Fsp3) is 0.160. The van der Waals surface area contributed by atoms with Gasteiger partial charge < -0.3 is 18.9 Å². The number of amides is 1. The van der Waals surface area contributed by atoms with Crippen LogP contribution < -0.4 is 19.6 Å². The van der Waals surface area contributed by atoms with E-state index >= 15 is 0 Å². The van der Waals surface area contributed by atoms with Gasteiger partial charge in [0.15, 0.2) is 11.5 Å². The molecule has 1 amide bonds. The molecule has 1 N–H and O–H groups in total. The van der Waals surface area contributed by atoms with Gasteiger partial charge in [-0.25, -0.2) is 10.2 Å². The highest BCUT2D eigenvalue weighted by atomic mass is 16.5. The van der Waals surface area contributed by atoms with Crippen molar-refractivity contribution in [2.75, 3.05) is 21.3 Å². The van der Waals surface area contributed by atoms with Crippen molar-refractivity contribution in [3.63, 3.8) is 0 Å². The zero-order chi connectivity index (χ0) is 23.6.